The van der Waals surface area contributed by atoms with Gasteiger partial charge in [-0.3, -0.25) is 4.79 Å². The number of fused-ring (bicyclic) bond motifs is 2. The lowest BCUT2D eigenvalue weighted by molar-refractivity contribution is -0.204. The van der Waals surface area contributed by atoms with Crippen molar-refractivity contribution in [3.05, 3.63) is 30.3 Å². The van der Waals surface area contributed by atoms with Crippen LogP contribution in [0.25, 0.3) is 0 Å². The van der Waals surface area contributed by atoms with E-state index in [-0.39, 0.29) is 16.3 Å². The molecule has 0 N–H and O–H groups in total. The molecular formula is C15H17ClO5S. The predicted octanol–water partition coefficient (Wildman–Crippen LogP) is 2.49. The lowest BCUT2D eigenvalue weighted by atomic mass is 9.75. The molecular weight excluding hydrogens is 328 g/mol. The summed E-state index contributed by atoms with van der Waals surface area (Å²) in [5.74, 6) is 0.0164. The highest BCUT2D eigenvalue weighted by Crippen LogP contribution is 2.48. The number of carbonyl (C=O) groups excluding carboxylic acids is 1. The number of cyclic esters (lactones) is 1. The minimum atomic E-state index is -3.53. The first-order valence-corrected chi connectivity index (χ1v) is 9.52. The quantitative estimate of drug-likeness (QED) is 0.578. The van der Waals surface area contributed by atoms with Gasteiger partial charge in [0, 0.05) is 10.7 Å². The summed E-state index contributed by atoms with van der Waals surface area (Å²) in [6, 6.07) is 7.86. The molecule has 3 fully saturated rings. The van der Waals surface area contributed by atoms with E-state index >= 15 is 0 Å². The fourth-order valence-electron chi connectivity index (χ4n) is 3.24. The number of carbonyl (C=O) groups is 1. The smallest absolute Gasteiger partial charge is 0.315 e. The van der Waals surface area contributed by atoms with Gasteiger partial charge in [-0.1, -0.05) is 18.2 Å². The van der Waals surface area contributed by atoms with Gasteiger partial charge < -0.3 is 9.47 Å². The van der Waals surface area contributed by atoms with Gasteiger partial charge in [0.1, 0.15) is 12.0 Å². The minimum absolute atomic E-state index is 0.0164. The Labute approximate surface area is 134 Å². The minimum Gasteiger partial charge on any atom is -0.464 e. The zero-order chi connectivity index (χ0) is 15.8. The SMILES string of the molecule is O=C1OCC12CC1CCC(C2)O1.O=S(=O)(Cl)c1ccccc1. The van der Waals surface area contributed by atoms with Crippen molar-refractivity contribution in [2.45, 2.75) is 42.8 Å². The van der Waals surface area contributed by atoms with E-state index < -0.39 is 9.05 Å². The first kappa shape index (κ1) is 15.8. The molecule has 2 unspecified atom stereocenters. The molecule has 0 aromatic heterocycles. The standard InChI is InChI=1S/C9H12O3.C6H5ClO2S/c10-8-9(5-11-8)3-6-1-2-7(4-9)12-6;7-10(8,9)6-4-2-1-3-5-6/h6-7H,1-5H2;1-5H. The largest absolute Gasteiger partial charge is 0.464 e. The van der Waals surface area contributed by atoms with Crippen molar-refractivity contribution in [1.29, 1.82) is 0 Å². The van der Waals surface area contributed by atoms with Crippen molar-refractivity contribution in [3.8, 4) is 0 Å². The zero-order valence-corrected chi connectivity index (χ0v) is 13.5. The summed E-state index contributed by atoms with van der Waals surface area (Å²) in [7, 11) is 1.50. The molecule has 3 aliphatic heterocycles. The number of benzene rings is 1. The molecule has 22 heavy (non-hydrogen) atoms. The number of esters is 1. The molecule has 0 aliphatic carbocycles. The summed E-state index contributed by atoms with van der Waals surface area (Å²) >= 11 is 0. The van der Waals surface area contributed by atoms with Gasteiger partial charge in [0.2, 0.25) is 0 Å². The van der Waals surface area contributed by atoms with E-state index in [1.165, 1.54) is 12.1 Å². The van der Waals surface area contributed by atoms with Crippen molar-refractivity contribution in [3.63, 3.8) is 0 Å². The van der Waals surface area contributed by atoms with Crippen LogP contribution in [-0.2, 0) is 23.3 Å². The molecule has 3 aliphatic rings. The maximum atomic E-state index is 11.2. The van der Waals surface area contributed by atoms with Gasteiger partial charge in [0.05, 0.1) is 17.1 Å². The van der Waals surface area contributed by atoms with Crippen LogP contribution < -0.4 is 0 Å². The highest BCUT2D eigenvalue weighted by Gasteiger charge is 2.56. The van der Waals surface area contributed by atoms with E-state index in [0.29, 0.717) is 18.8 Å². The first-order valence-electron chi connectivity index (χ1n) is 7.21. The van der Waals surface area contributed by atoms with E-state index in [9.17, 15) is 13.2 Å². The maximum absolute atomic E-state index is 11.2. The second-order valence-electron chi connectivity index (χ2n) is 5.97. The van der Waals surface area contributed by atoms with Crippen molar-refractivity contribution in [2.24, 2.45) is 5.41 Å². The second-order valence-corrected chi connectivity index (χ2v) is 8.54. The van der Waals surface area contributed by atoms with E-state index in [1.54, 1.807) is 18.2 Å². The van der Waals surface area contributed by atoms with Crippen LogP contribution in [0.15, 0.2) is 35.2 Å². The predicted molar refractivity (Wildman–Crippen MR) is 80.0 cm³/mol. The van der Waals surface area contributed by atoms with Crippen molar-refractivity contribution < 1.29 is 22.7 Å². The number of ether oxygens (including phenoxy) is 2. The third-order valence-corrected chi connectivity index (χ3v) is 5.74. The van der Waals surface area contributed by atoms with Gasteiger partial charge in [-0.05, 0) is 37.8 Å². The molecule has 3 saturated heterocycles. The van der Waals surface area contributed by atoms with Crippen LogP contribution in [0.5, 0.6) is 0 Å². The monoisotopic (exact) mass is 344 g/mol. The molecule has 1 aromatic rings. The number of halogens is 1. The summed E-state index contributed by atoms with van der Waals surface area (Å²) in [4.78, 5) is 11.4. The lowest BCUT2D eigenvalue weighted by Gasteiger charge is -2.44. The fourth-order valence-corrected chi connectivity index (χ4v) is 4.03. The molecule has 4 rings (SSSR count). The molecule has 2 atom stereocenters. The highest BCUT2D eigenvalue weighted by molar-refractivity contribution is 8.13. The Morgan fingerprint density at radius 1 is 1.09 bits per heavy atom. The summed E-state index contributed by atoms with van der Waals surface area (Å²) in [6.07, 6.45) is 4.78. The molecule has 1 aromatic carbocycles. The normalized spacial score (nSPS) is 32.7. The zero-order valence-electron chi connectivity index (χ0n) is 11.9. The van der Waals surface area contributed by atoms with E-state index in [0.717, 1.165) is 25.7 Å². The van der Waals surface area contributed by atoms with Crippen molar-refractivity contribution >= 4 is 25.7 Å². The van der Waals surface area contributed by atoms with Crippen LogP contribution in [0.4, 0.5) is 0 Å². The molecule has 0 radical (unpaired) electrons. The summed E-state index contributed by atoms with van der Waals surface area (Å²) < 4.78 is 31.7. The van der Waals surface area contributed by atoms with E-state index in [2.05, 4.69) is 0 Å². The van der Waals surface area contributed by atoms with Gasteiger partial charge in [-0.25, -0.2) is 8.42 Å². The molecule has 120 valence electrons. The fraction of sp³-hybridized carbons (Fsp3) is 0.533. The molecule has 0 amide bonds. The van der Waals surface area contributed by atoms with Crippen molar-refractivity contribution in [2.75, 3.05) is 6.61 Å². The van der Waals surface area contributed by atoms with Gasteiger partial charge in [-0.2, -0.15) is 0 Å². The summed E-state index contributed by atoms with van der Waals surface area (Å²) in [5, 5.41) is 0. The number of rotatable bonds is 1. The Balaban J connectivity index is 0.000000134. The Kier molecular flexibility index (Phi) is 4.18. The maximum Gasteiger partial charge on any atom is 0.315 e. The highest BCUT2D eigenvalue weighted by atomic mass is 35.7. The Morgan fingerprint density at radius 2 is 1.68 bits per heavy atom. The first-order chi connectivity index (χ1) is 10.4. The van der Waals surface area contributed by atoms with E-state index in [1.807, 2.05) is 0 Å². The van der Waals surface area contributed by atoms with E-state index in [4.69, 9.17) is 20.2 Å². The average molecular weight is 345 g/mol. The number of hydrogen-bond acceptors (Lipinski definition) is 5. The Hall–Kier alpha value is -1.11. The molecule has 3 heterocycles. The van der Waals surface area contributed by atoms with Gasteiger partial charge in [0.25, 0.3) is 9.05 Å². The lowest BCUT2D eigenvalue weighted by Crippen LogP contribution is -2.53. The topological polar surface area (TPSA) is 69.7 Å². The molecule has 0 saturated carbocycles. The third-order valence-electron chi connectivity index (χ3n) is 4.37. The van der Waals surface area contributed by atoms with Crippen LogP contribution in [0.2, 0.25) is 0 Å². The average Bonchev–Trinajstić information content (AvgIpc) is 2.85. The second kappa shape index (κ2) is 5.83. The van der Waals surface area contributed by atoms with Gasteiger partial charge in [0.15, 0.2) is 0 Å². The number of hydrogen-bond donors (Lipinski definition) is 0. The molecule has 2 bridgehead atoms. The molecule has 5 nitrogen and oxygen atoms in total. The van der Waals surface area contributed by atoms with Crippen LogP contribution >= 0.6 is 10.7 Å². The van der Waals surface area contributed by atoms with Crippen LogP contribution in [-0.4, -0.2) is 33.2 Å². The Bertz CT molecular complexity index is 646. The van der Waals surface area contributed by atoms with Crippen molar-refractivity contribution in [1.82, 2.24) is 0 Å². The van der Waals surface area contributed by atoms with Crippen LogP contribution in [0.1, 0.15) is 25.7 Å². The van der Waals surface area contributed by atoms with Crippen LogP contribution in [0, 0.1) is 5.41 Å². The van der Waals surface area contributed by atoms with Gasteiger partial charge in [-0.15, -0.1) is 0 Å². The Morgan fingerprint density at radius 3 is 2.05 bits per heavy atom. The summed E-state index contributed by atoms with van der Waals surface area (Å²) in [6.45, 7) is 0.641. The molecule has 1 spiro atoms. The van der Waals surface area contributed by atoms with Crippen LogP contribution in [0.3, 0.4) is 0 Å². The third kappa shape index (κ3) is 3.14. The summed E-state index contributed by atoms with van der Waals surface area (Å²) in [5.41, 5.74) is -0.121. The molecule has 7 heteroatoms. The van der Waals surface area contributed by atoms with Gasteiger partial charge >= 0.3 is 5.97 Å².